The predicted octanol–water partition coefficient (Wildman–Crippen LogP) is 2.75. The molecule has 1 atom stereocenters. The average Bonchev–Trinajstić information content (AvgIpc) is 3.01. The van der Waals surface area contributed by atoms with Crippen molar-refractivity contribution in [3.05, 3.63) is 63.2 Å². The van der Waals surface area contributed by atoms with Gasteiger partial charge >= 0.3 is 0 Å². The van der Waals surface area contributed by atoms with E-state index in [1.54, 1.807) is 12.1 Å². The van der Waals surface area contributed by atoms with E-state index in [0.717, 1.165) is 35.6 Å². The van der Waals surface area contributed by atoms with Crippen LogP contribution in [0.5, 0.6) is 11.5 Å². The summed E-state index contributed by atoms with van der Waals surface area (Å²) in [4.78, 5) is 10.9. The zero-order valence-electron chi connectivity index (χ0n) is 12.5. The Morgan fingerprint density at radius 3 is 2.83 bits per heavy atom. The van der Waals surface area contributed by atoms with E-state index in [1.165, 1.54) is 5.56 Å². The summed E-state index contributed by atoms with van der Waals surface area (Å²) in [5.41, 5.74) is 3.26. The minimum Gasteiger partial charge on any atom is -0.454 e. The molecule has 1 N–H and O–H groups in total. The lowest BCUT2D eigenvalue weighted by Gasteiger charge is -2.27. The Kier molecular flexibility index (Phi) is 3.38. The van der Waals surface area contributed by atoms with Gasteiger partial charge in [0.2, 0.25) is 6.79 Å². The first-order valence-corrected chi connectivity index (χ1v) is 7.60. The number of ether oxygens (including phenoxy) is 2. The van der Waals surface area contributed by atoms with Gasteiger partial charge in [0, 0.05) is 17.7 Å². The second kappa shape index (κ2) is 5.55. The molecule has 0 fully saturated rings. The predicted molar refractivity (Wildman–Crippen MR) is 83.8 cm³/mol. The molecule has 0 aromatic heterocycles. The molecule has 0 saturated heterocycles. The third-order valence-corrected chi connectivity index (χ3v) is 4.41. The SMILES string of the molecule is O=[N+]([O-])c1ccccc1C[C@@H]1NCCc2cc3c(cc21)OCO3. The summed E-state index contributed by atoms with van der Waals surface area (Å²) in [6.45, 7) is 1.10. The quantitative estimate of drug-likeness (QED) is 0.697. The molecule has 2 aliphatic rings. The number of nitro benzene ring substituents is 1. The van der Waals surface area contributed by atoms with Crippen LogP contribution in [0.4, 0.5) is 5.69 Å². The van der Waals surface area contributed by atoms with Crippen molar-refractivity contribution < 1.29 is 14.4 Å². The number of nitro groups is 1. The molecule has 6 heteroatoms. The molecular weight excluding hydrogens is 296 g/mol. The highest BCUT2D eigenvalue weighted by Crippen LogP contribution is 2.39. The number of hydrogen-bond donors (Lipinski definition) is 1. The van der Waals surface area contributed by atoms with Gasteiger partial charge in [-0.1, -0.05) is 18.2 Å². The van der Waals surface area contributed by atoms with Gasteiger partial charge in [0.25, 0.3) is 5.69 Å². The molecule has 0 saturated carbocycles. The summed E-state index contributed by atoms with van der Waals surface area (Å²) in [5.74, 6) is 1.54. The van der Waals surface area contributed by atoms with E-state index >= 15 is 0 Å². The minimum atomic E-state index is -0.321. The molecule has 2 aliphatic heterocycles. The molecule has 0 bridgehead atoms. The summed E-state index contributed by atoms with van der Waals surface area (Å²) < 4.78 is 10.9. The Balaban J connectivity index is 1.69. The summed E-state index contributed by atoms with van der Waals surface area (Å²) in [7, 11) is 0. The Morgan fingerprint density at radius 1 is 1.22 bits per heavy atom. The standard InChI is InChI=1S/C17H16N2O4/c20-19(21)15-4-2-1-3-12(15)7-14-13-9-17-16(22-10-23-17)8-11(13)5-6-18-14/h1-4,8-9,14,18H,5-7,10H2/t14-/m0/s1. The van der Waals surface area contributed by atoms with E-state index in [9.17, 15) is 10.1 Å². The van der Waals surface area contributed by atoms with Crippen LogP contribution < -0.4 is 14.8 Å². The highest BCUT2D eigenvalue weighted by atomic mass is 16.7. The number of rotatable bonds is 3. The lowest BCUT2D eigenvalue weighted by molar-refractivity contribution is -0.385. The van der Waals surface area contributed by atoms with Crippen LogP contribution in [0.1, 0.15) is 22.7 Å². The van der Waals surface area contributed by atoms with Crippen LogP contribution in [-0.2, 0) is 12.8 Å². The molecule has 118 valence electrons. The molecule has 0 unspecified atom stereocenters. The molecule has 0 radical (unpaired) electrons. The van der Waals surface area contributed by atoms with Crippen LogP contribution >= 0.6 is 0 Å². The van der Waals surface area contributed by atoms with Crippen molar-refractivity contribution in [2.24, 2.45) is 0 Å². The topological polar surface area (TPSA) is 73.6 Å². The van der Waals surface area contributed by atoms with Gasteiger partial charge < -0.3 is 14.8 Å². The molecule has 23 heavy (non-hydrogen) atoms. The van der Waals surface area contributed by atoms with Crippen molar-refractivity contribution in [2.75, 3.05) is 13.3 Å². The first kappa shape index (κ1) is 14.0. The van der Waals surface area contributed by atoms with E-state index in [0.29, 0.717) is 6.42 Å². The monoisotopic (exact) mass is 312 g/mol. The van der Waals surface area contributed by atoms with Crippen LogP contribution in [-0.4, -0.2) is 18.3 Å². The number of fused-ring (bicyclic) bond motifs is 2. The Hall–Kier alpha value is -2.60. The van der Waals surface area contributed by atoms with Crippen LogP contribution in [0.2, 0.25) is 0 Å². The summed E-state index contributed by atoms with van der Waals surface area (Å²) in [6, 6.07) is 11.0. The molecule has 4 rings (SSSR count). The lowest BCUT2D eigenvalue weighted by Crippen LogP contribution is -2.31. The molecule has 2 heterocycles. The second-order valence-electron chi connectivity index (χ2n) is 5.75. The average molecular weight is 312 g/mol. The molecule has 6 nitrogen and oxygen atoms in total. The van der Waals surface area contributed by atoms with Gasteiger partial charge in [-0.05, 0) is 42.6 Å². The van der Waals surface area contributed by atoms with Crippen LogP contribution in [0.15, 0.2) is 36.4 Å². The summed E-state index contributed by atoms with van der Waals surface area (Å²) in [6.07, 6.45) is 1.49. The first-order chi connectivity index (χ1) is 11.2. The second-order valence-corrected chi connectivity index (χ2v) is 5.75. The van der Waals surface area contributed by atoms with Gasteiger partial charge in [-0.2, -0.15) is 0 Å². The maximum absolute atomic E-state index is 11.2. The smallest absolute Gasteiger partial charge is 0.272 e. The van der Waals surface area contributed by atoms with Crippen molar-refractivity contribution in [3.63, 3.8) is 0 Å². The maximum Gasteiger partial charge on any atom is 0.272 e. The summed E-state index contributed by atoms with van der Waals surface area (Å²) in [5, 5.41) is 14.7. The van der Waals surface area contributed by atoms with Gasteiger partial charge in [-0.15, -0.1) is 0 Å². The lowest BCUT2D eigenvalue weighted by atomic mass is 9.89. The highest BCUT2D eigenvalue weighted by Gasteiger charge is 2.26. The van der Waals surface area contributed by atoms with Gasteiger partial charge in [0.05, 0.1) is 4.92 Å². The highest BCUT2D eigenvalue weighted by molar-refractivity contribution is 5.51. The van der Waals surface area contributed by atoms with E-state index in [4.69, 9.17) is 9.47 Å². The number of hydrogen-bond acceptors (Lipinski definition) is 5. The maximum atomic E-state index is 11.2. The van der Waals surface area contributed by atoms with Gasteiger partial charge in [0.15, 0.2) is 11.5 Å². The number of benzene rings is 2. The van der Waals surface area contributed by atoms with Crippen LogP contribution in [0.25, 0.3) is 0 Å². The van der Waals surface area contributed by atoms with Crippen molar-refractivity contribution in [2.45, 2.75) is 18.9 Å². The van der Waals surface area contributed by atoms with Crippen molar-refractivity contribution in [1.82, 2.24) is 5.32 Å². The van der Waals surface area contributed by atoms with Gasteiger partial charge in [0.1, 0.15) is 0 Å². The third kappa shape index (κ3) is 2.51. The third-order valence-electron chi connectivity index (χ3n) is 4.41. The molecular formula is C17H16N2O4. The van der Waals surface area contributed by atoms with Crippen LogP contribution in [0, 0.1) is 10.1 Å². The van der Waals surface area contributed by atoms with E-state index < -0.39 is 0 Å². The van der Waals surface area contributed by atoms with E-state index in [1.807, 2.05) is 24.3 Å². The van der Waals surface area contributed by atoms with Crippen molar-refractivity contribution in [1.29, 1.82) is 0 Å². The first-order valence-electron chi connectivity index (χ1n) is 7.60. The molecule has 0 amide bonds. The number of para-hydroxylation sites is 1. The largest absolute Gasteiger partial charge is 0.454 e. The normalized spacial score (nSPS) is 18.5. The van der Waals surface area contributed by atoms with Crippen LogP contribution in [0.3, 0.4) is 0 Å². The number of nitrogens with one attached hydrogen (secondary N) is 1. The number of nitrogens with zero attached hydrogens (tertiary/aromatic N) is 1. The Labute approximate surface area is 133 Å². The van der Waals surface area contributed by atoms with Crippen molar-refractivity contribution in [3.8, 4) is 11.5 Å². The Bertz CT molecular complexity index is 775. The zero-order valence-corrected chi connectivity index (χ0v) is 12.5. The fourth-order valence-electron chi connectivity index (χ4n) is 3.30. The fourth-order valence-corrected chi connectivity index (χ4v) is 3.30. The Morgan fingerprint density at radius 2 is 2.00 bits per heavy atom. The molecule has 0 aliphatic carbocycles. The van der Waals surface area contributed by atoms with Crippen molar-refractivity contribution >= 4 is 5.69 Å². The van der Waals surface area contributed by atoms with E-state index in [2.05, 4.69) is 5.32 Å². The van der Waals surface area contributed by atoms with Gasteiger partial charge in [-0.25, -0.2) is 0 Å². The fraction of sp³-hybridized carbons (Fsp3) is 0.294. The molecule has 0 spiro atoms. The molecule has 2 aromatic carbocycles. The van der Waals surface area contributed by atoms with E-state index in [-0.39, 0.29) is 23.4 Å². The molecule has 2 aromatic rings. The zero-order chi connectivity index (χ0) is 15.8. The van der Waals surface area contributed by atoms with Gasteiger partial charge in [-0.3, -0.25) is 10.1 Å². The summed E-state index contributed by atoms with van der Waals surface area (Å²) >= 11 is 0. The minimum absolute atomic E-state index is 0.0364.